The molecule has 47 heavy (non-hydrogen) atoms. The molecule has 1 heterocycles. The minimum absolute atomic E-state index is 0.0648. The number of aromatic amines is 1. The van der Waals surface area contributed by atoms with E-state index in [4.69, 9.17) is 0 Å². The van der Waals surface area contributed by atoms with Crippen LogP contribution < -0.4 is 4.65 Å². The summed E-state index contributed by atoms with van der Waals surface area (Å²) >= 11 is 0. The third-order valence-electron chi connectivity index (χ3n) is 6.61. The summed E-state index contributed by atoms with van der Waals surface area (Å²) in [5.74, 6) is -47.1. The molecule has 3 N–H and O–H groups in total. The van der Waals surface area contributed by atoms with Gasteiger partial charge in [0.2, 0.25) is 17.5 Å². The van der Waals surface area contributed by atoms with Crippen molar-refractivity contribution in [3.63, 3.8) is 0 Å². The van der Waals surface area contributed by atoms with E-state index < -0.39 is 151 Å². The summed E-state index contributed by atoms with van der Waals surface area (Å²) in [6.07, 6.45) is 0. The molecule has 0 spiro atoms. The third kappa shape index (κ3) is 4.74. The lowest BCUT2D eigenvalue weighted by molar-refractivity contribution is 0.284. The van der Waals surface area contributed by atoms with Crippen LogP contribution in [-0.4, -0.2) is 22.4 Å². The zero-order valence-electron chi connectivity index (χ0n) is 21.5. The minimum atomic E-state index is -3.15. The monoisotopic (exact) mass is 693 g/mol. The standard InChI is InChI=1S/C26H4BF16NO3/c28-10-2(4-11(29)17(35)23(41)18(36)12(4)30)1-3-5(6(10)8-13(31)19(37)24(42)20(38)14(8)32)7(26(44-3)47-27(45)46)9-15(33)21(39)25(43)22(40)16(9)34/h1,44-46H. The Hall–Kier alpha value is -4.92. The number of hydrogen-bond donors (Lipinski definition) is 3. The van der Waals surface area contributed by atoms with Gasteiger partial charge in [0.05, 0.1) is 27.8 Å². The van der Waals surface area contributed by atoms with Gasteiger partial charge in [0.15, 0.2) is 75.7 Å². The van der Waals surface area contributed by atoms with Gasteiger partial charge in [-0.1, -0.05) is 0 Å². The molecule has 0 fully saturated rings. The van der Waals surface area contributed by atoms with Crippen LogP contribution in [0.15, 0.2) is 6.07 Å². The van der Waals surface area contributed by atoms with E-state index in [-0.39, 0.29) is 6.07 Å². The van der Waals surface area contributed by atoms with Crippen molar-refractivity contribution in [2.75, 3.05) is 0 Å². The Balaban J connectivity index is 2.15. The van der Waals surface area contributed by atoms with Crippen LogP contribution in [0, 0.1) is 93.1 Å². The number of nitrogens with one attached hydrogen (secondary N) is 1. The number of halogens is 16. The highest BCUT2D eigenvalue weighted by atomic mass is 19.2. The van der Waals surface area contributed by atoms with Crippen molar-refractivity contribution in [2.24, 2.45) is 0 Å². The Labute approximate surface area is 247 Å². The van der Waals surface area contributed by atoms with Crippen LogP contribution in [0.1, 0.15) is 0 Å². The summed E-state index contributed by atoms with van der Waals surface area (Å²) in [6.45, 7) is 0. The van der Waals surface area contributed by atoms with Crippen molar-refractivity contribution in [3.05, 3.63) is 99.1 Å². The maximum atomic E-state index is 16.3. The van der Waals surface area contributed by atoms with Crippen LogP contribution >= 0.6 is 0 Å². The summed E-state index contributed by atoms with van der Waals surface area (Å²) in [7, 11) is -3.15. The highest BCUT2D eigenvalue weighted by molar-refractivity contribution is 6.34. The smallest absolute Gasteiger partial charge is 0.498 e. The molecular formula is C26H4BF16NO3. The molecule has 4 nitrogen and oxygen atoms in total. The summed E-state index contributed by atoms with van der Waals surface area (Å²) in [4.78, 5) is 1.71. The Bertz CT molecular complexity index is 2100. The molecule has 0 bridgehead atoms. The fourth-order valence-corrected chi connectivity index (χ4v) is 4.65. The quantitative estimate of drug-likeness (QED) is 0.0765. The fraction of sp³-hybridized carbons (Fsp3) is 0. The zero-order valence-corrected chi connectivity index (χ0v) is 21.5. The second-order valence-electron chi connectivity index (χ2n) is 9.14. The zero-order chi connectivity index (χ0) is 35.1. The van der Waals surface area contributed by atoms with E-state index >= 15 is 22.0 Å². The second-order valence-corrected chi connectivity index (χ2v) is 9.14. The number of fused-ring (bicyclic) bond motifs is 1. The van der Waals surface area contributed by atoms with Crippen LogP contribution in [-0.2, 0) is 0 Å². The van der Waals surface area contributed by atoms with E-state index in [9.17, 15) is 58.3 Å². The fourth-order valence-electron chi connectivity index (χ4n) is 4.65. The molecule has 5 rings (SSSR count). The summed E-state index contributed by atoms with van der Waals surface area (Å²) < 4.78 is 237. The first kappa shape index (κ1) is 33.4. The molecule has 1 aromatic heterocycles. The molecule has 5 aromatic rings. The maximum absolute atomic E-state index is 16.3. The Morgan fingerprint density at radius 2 is 0.723 bits per heavy atom. The van der Waals surface area contributed by atoms with Gasteiger partial charge in [-0.15, -0.1) is 0 Å². The van der Waals surface area contributed by atoms with Crippen LogP contribution in [0.4, 0.5) is 70.2 Å². The van der Waals surface area contributed by atoms with E-state index in [1.54, 1.807) is 4.98 Å². The Morgan fingerprint density at radius 3 is 1.09 bits per heavy atom. The van der Waals surface area contributed by atoms with Gasteiger partial charge in [0.1, 0.15) is 5.82 Å². The molecule has 246 valence electrons. The Kier molecular flexibility index (Phi) is 8.12. The molecule has 0 radical (unpaired) electrons. The lowest BCUT2D eigenvalue weighted by Gasteiger charge is -2.17. The van der Waals surface area contributed by atoms with E-state index in [0.717, 1.165) is 0 Å². The van der Waals surface area contributed by atoms with Crippen molar-refractivity contribution in [3.8, 4) is 39.3 Å². The topological polar surface area (TPSA) is 65.5 Å². The van der Waals surface area contributed by atoms with Gasteiger partial charge in [0.25, 0.3) is 0 Å². The lowest BCUT2D eigenvalue weighted by Crippen LogP contribution is -2.21. The third-order valence-corrected chi connectivity index (χ3v) is 6.61. The normalized spacial score (nSPS) is 11.6. The molecule has 0 amide bonds. The first-order chi connectivity index (χ1) is 21.8. The molecule has 0 atom stereocenters. The van der Waals surface area contributed by atoms with Gasteiger partial charge in [-0.2, -0.15) is 0 Å². The second kappa shape index (κ2) is 11.4. The largest absolute Gasteiger partial charge is 0.708 e. The average Bonchev–Trinajstić information content (AvgIpc) is 3.36. The van der Waals surface area contributed by atoms with Crippen molar-refractivity contribution < 1.29 is 84.9 Å². The summed E-state index contributed by atoms with van der Waals surface area (Å²) in [6, 6.07) is -0.0648. The van der Waals surface area contributed by atoms with Crippen molar-refractivity contribution in [1.29, 1.82) is 0 Å². The number of benzene rings is 4. The van der Waals surface area contributed by atoms with Gasteiger partial charge in [-0.25, -0.2) is 70.2 Å². The molecule has 0 aliphatic rings. The van der Waals surface area contributed by atoms with Crippen LogP contribution in [0.2, 0.25) is 0 Å². The van der Waals surface area contributed by atoms with Gasteiger partial charge < -0.3 is 19.7 Å². The van der Waals surface area contributed by atoms with Crippen molar-refractivity contribution >= 4 is 18.2 Å². The van der Waals surface area contributed by atoms with E-state index in [2.05, 4.69) is 4.65 Å². The molecule has 21 heteroatoms. The Morgan fingerprint density at radius 1 is 0.404 bits per heavy atom. The average molecular weight is 693 g/mol. The van der Waals surface area contributed by atoms with Gasteiger partial charge in [0, 0.05) is 16.5 Å². The minimum Gasteiger partial charge on any atom is -0.498 e. The summed E-state index contributed by atoms with van der Waals surface area (Å²) in [5.41, 5.74) is -14.4. The number of H-pyrrole nitrogens is 1. The maximum Gasteiger partial charge on any atom is 0.708 e. The molecule has 0 aliphatic heterocycles. The van der Waals surface area contributed by atoms with Crippen molar-refractivity contribution in [2.45, 2.75) is 0 Å². The van der Waals surface area contributed by atoms with Crippen LogP contribution in [0.5, 0.6) is 5.88 Å². The van der Waals surface area contributed by atoms with Gasteiger partial charge in [-0.05, 0) is 6.07 Å². The number of rotatable bonds is 5. The molecule has 0 saturated carbocycles. The van der Waals surface area contributed by atoms with Crippen molar-refractivity contribution in [1.82, 2.24) is 4.98 Å². The molecule has 0 aliphatic carbocycles. The van der Waals surface area contributed by atoms with Gasteiger partial charge in [-0.3, -0.25) is 0 Å². The molecule has 0 unspecified atom stereocenters. The number of hydrogen-bond acceptors (Lipinski definition) is 3. The highest BCUT2D eigenvalue weighted by Gasteiger charge is 2.38. The van der Waals surface area contributed by atoms with Crippen LogP contribution in [0.3, 0.4) is 0 Å². The SMILES string of the molecule is OB(O)Oc1[nH]c2cc(-c3c(F)c(F)c(F)c(F)c3F)c(F)c(-c3c(F)c(F)c(F)c(F)c3F)c2c1-c1c(F)c(F)c(F)c(F)c1F. The first-order valence-electron chi connectivity index (χ1n) is 11.8. The predicted molar refractivity (Wildman–Crippen MR) is 125 cm³/mol. The van der Waals surface area contributed by atoms with Gasteiger partial charge >= 0.3 is 7.32 Å². The lowest BCUT2D eigenvalue weighted by atomic mass is 9.89. The van der Waals surface area contributed by atoms with E-state index in [0.29, 0.717) is 0 Å². The summed E-state index contributed by atoms with van der Waals surface area (Å²) in [5, 5.41) is 16.9. The predicted octanol–water partition coefficient (Wildman–Crippen LogP) is 7.74. The van der Waals surface area contributed by atoms with E-state index in [1.807, 2.05) is 0 Å². The number of aromatic nitrogens is 1. The molecule has 0 saturated heterocycles. The first-order valence-corrected chi connectivity index (χ1v) is 11.8. The molecule has 4 aromatic carbocycles. The highest BCUT2D eigenvalue weighted by Crippen LogP contribution is 2.50. The van der Waals surface area contributed by atoms with E-state index in [1.165, 1.54) is 0 Å². The molecular weight excluding hydrogens is 689 g/mol. The van der Waals surface area contributed by atoms with Crippen LogP contribution in [0.25, 0.3) is 44.3 Å².